The number of nitrogens with one attached hydrogen (secondary N) is 2. The van der Waals surface area contributed by atoms with Gasteiger partial charge in [0.2, 0.25) is 0 Å². The fraction of sp³-hybridized carbons (Fsp3) is 0. The Hall–Kier alpha value is -3.81. The number of hydrogen-bond acceptors (Lipinski definition) is 5. The Morgan fingerprint density at radius 1 is 0.960 bits per heavy atom. The van der Waals surface area contributed by atoms with Crippen LogP contribution in [0.3, 0.4) is 0 Å². The molecular weight excluding hydrogens is 324 g/mol. The summed E-state index contributed by atoms with van der Waals surface area (Å²) in [6.45, 7) is 0. The molecule has 0 amide bonds. The minimum Gasteiger partial charge on any atom is -0.306 e. The molecule has 8 nitrogen and oxygen atoms in total. The zero-order valence-corrected chi connectivity index (χ0v) is 12.6. The molecule has 0 radical (unpaired) electrons. The van der Waals surface area contributed by atoms with Crippen molar-refractivity contribution in [3.8, 4) is 0 Å². The highest BCUT2D eigenvalue weighted by molar-refractivity contribution is 5.98. The lowest BCUT2D eigenvalue weighted by atomic mass is 10.2. The van der Waals surface area contributed by atoms with Gasteiger partial charge in [0.15, 0.2) is 0 Å². The molecule has 0 fully saturated rings. The summed E-state index contributed by atoms with van der Waals surface area (Å²) in [5.74, 6) is -0.917. The summed E-state index contributed by atoms with van der Waals surface area (Å²) in [7, 11) is 0. The number of nitrogens with zero attached hydrogens (tertiary/aromatic N) is 2. The number of aromatic amines is 2. The van der Waals surface area contributed by atoms with Gasteiger partial charge in [-0.2, -0.15) is 4.68 Å². The van der Waals surface area contributed by atoms with Gasteiger partial charge in [0.05, 0.1) is 10.8 Å². The number of H-pyrrole nitrogens is 2. The molecule has 0 aliphatic heterocycles. The number of pyridine rings is 2. The van der Waals surface area contributed by atoms with Gasteiger partial charge in [-0.25, -0.2) is 4.98 Å². The molecule has 3 aromatic heterocycles. The number of hydrogen-bond donors (Lipinski definition) is 2. The van der Waals surface area contributed by atoms with Crippen LogP contribution in [0.4, 0.5) is 0 Å². The Morgan fingerprint density at radius 3 is 2.52 bits per heavy atom. The second kappa shape index (κ2) is 5.38. The Balaban J connectivity index is 1.99. The van der Waals surface area contributed by atoms with E-state index in [0.717, 1.165) is 0 Å². The number of aromatic nitrogens is 4. The second-order valence-electron chi connectivity index (χ2n) is 5.39. The summed E-state index contributed by atoms with van der Waals surface area (Å²) in [6, 6.07) is 10.8. The summed E-state index contributed by atoms with van der Waals surface area (Å²) >= 11 is 0. The Labute approximate surface area is 138 Å². The fourth-order valence-corrected chi connectivity index (χ4v) is 2.66. The molecule has 0 spiro atoms. The predicted octanol–water partition coefficient (Wildman–Crippen LogP) is 0.615. The number of carbonyl (C=O) groups is 1. The van der Waals surface area contributed by atoms with E-state index in [1.807, 2.05) is 0 Å². The van der Waals surface area contributed by atoms with Crippen molar-refractivity contribution in [2.75, 3.05) is 0 Å². The van der Waals surface area contributed by atoms with Gasteiger partial charge in [0, 0.05) is 11.6 Å². The summed E-state index contributed by atoms with van der Waals surface area (Å²) in [4.78, 5) is 56.0. The lowest BCUT2D eigenvalue weighted by Crippen LogP contribution is -2.37. The van der Waals surface area contributed by atoms with Gasteiger partial charge in [-0.3, -0.25) is 24.3 Å². The minimum atomic E-state index is -0.917. The Kier molecular flexibility index (Phi) is 3.17. The summed E-state index contributed by atoms with van der Waals surface area (Å²) in [6.07, 6.45) is 1.51. The number of carbonyl (C=O) groups excluding carboxylic acids is 1. The molecule has 2 N–H and O–H groups in total. The van der Waals surface area contributed by atoms with E-state index in [9.17, 15) is 19.2 Å². The first-order valence-corrected chi connectivity index (χ1v) is 7.33. The van der Waals surface area contributed by atoms with Crippen molar-refractivity contribution in [2.24, 2.45) is 0 Å². The van der Waals surface area contributed by atoms with E-state index in [1.54, 1.807) is 24.3 Å². The summed E-state index contributed by atoms with van der Waals surface area (Å²) in [5, 5.41) is 3.02. The van der Waals surface area contributed by atoms with E-state index in [-0.39, 0.29) is 16.3 Å². The number of rotatable bonds is 1. The first-order valence-electron chi connectivity index (χ1n) is 7.33. The average Bonchev–Trinajstić information content (AvgIpc) is 2.63. The molecule has 0 atom stereocenters. The molecule has 0 saturated carbocycles. The molecule has 4 aromatic rings. The maximum absolute atomic E-state index is 12.7. The van der Waals surface area contributed by atoms with Crippen LogP contribution in [-0.4, -0.2) is 25.7 Å². The topological polar surface area (TPSA) is 118 Å². The zero-order valence-electron chi connectivity index (χ0n) is 12.6. The van der Waals surface area contributed by atoms with Crippen LogP contribution in [0.25, 0.3) is 21.8 Å². The Bertz CT molecular complexity index is 1330. The quantitative estimate of drug-likeness (QED) is 0.529. The normalized spacial score (nSPS) is 11.0. The van der Waals surface area contributed by atoms with Crippen molar-refractivity contribution in [3.05, 3.63) is 85.3 Å². The van der Waals surface area contributed by atoms with E-state index >= 15 is 0 Å². The van der Waals surface area contributed by atoms with E-state index in [1.165, 1.54) is 24.4 Å². The molecule has 8 heteroatoms. The van der Waals surface area contributed by atoms with Crippen LogP contribution >= 0.6 is 0 Å². The van der Waals surface area contributed by atoms with Gasteiger partial charge in [0.1, 0.15) is 11.2 Å². The first-order chi connectivity index (χ1) is 12.1. The molecule has 0 aliphatic rings. The molecule has 0 saturated heterocycles. The standard InChI is InChI=1S/C17H10N4O4/c22-14-12(8-9-4-3-7-18-13(9)19-14)17(25)21-16(24)11-6-2-1-5-10(11)15(23)20-21/h1-8H,(H,20,23)(H,18,19,22). The van der Waals surface area contributed by atoms with Gasteiger partial charge in [-0.15, -0.1) is 0 Å². The van der Waals surface area contributed by atoms with Crippen LogP contribution in [0, 0.1) is 0 Å². The molecule has 1 aromatic carbocycles. The highest BCUT2D eigenvalue weighted by Gasteiger charge is 2.18. The van der Waals surface area contributed by atoms with Crippen LogP contribution < -0.4 is 16.7 Å². The zero-order chi connectivity index (χ0) is 17.6. The van der Waals surface area contributed by atoms with Crippen molar-refractivity contribution < 1.29 is 4.79 Å². The maximum atomic E-state index is 12.7. The number of benzene rings is 1. The lowest BCUT2D eigenvalue weighted by molar-refractivity contribution is 0.0937. The SMILES string of the molecule is O=C(c1cc2cccnc2[nH]c1=O)n1[nH]c(=O)c2ccccc2c1=O. The van der Waals surface area contributed by atoms with Crippen LogP contribution in [0.15, 0.2) is 63.0 Å². The lowest BCUT2D eigenvalue weighted by Gasteiger charge is -2.06. The molecule has 3 heterocycles. The predicted molar refractivity (Wildman–Crippen MR) is 90.9 cm³/mol. The smallest absolute Gasteiger partial charge is 0.285 e. The van der Waals surface area contributed by atoms with Crippen molar-refractivity contribution in [3.63, 3.8) is 0 Å². The molecule has 0 bridgehead atoms. The monoisotopic (exact) mass is 334 g/mol. The second-order valence-corrected chi connectivity index (χ2v) is 5.39. The highest BCUT2D eigenvalue weighted by atomic mass is 16.2. The molecule has 0 aliphatic carbocycles. The van der Waals surface area contributed by atoms with Crippen molar-refractivity contribution >= 4 is 27.7 Å². The van der Waals surface area contributed by atoms with Gasteiger partial charge >= 0.3 is 0 Å². The third-order valence-electron chi connectivity index (χ3n) is 3.87. The molecule has 4 rings (SSSR count). The molecule has 0 unspecified atom stereocenters. The molecule has 25 heavy (non-hydrogen) atoms. The van der Waals surface area contributed by atoms with Crippen molar-refractivity contribution in [1.29, 1.82) is 0 Å². The van der Waals surface area contributed by atoms with Gasteiger partial charge in [-0.1, -0.05) is 12.1 Å². The van der Waals surface area contributed by atoms with E-state index in [2.05, 4.69) is 15.1 Å². The third-order valence-corrected chi connectivity index (χ3v) is 3.87. The average molecular weight is 334 g/mol. The van der Waals surface area contributed by atoms with E-state index in [4.69, 9.17) is 0 Å². The summed E-state index contributed by atoms with van der Waals surface area (Å²) < 4.78 is 0.553. The fourth-order valence-electron chi connectivity index (χ4n) is 2.66. The molecular formula is C17H10N4O4. The Morgan fingerprint density at radius 2 is 1.72 bits per heavy atom. The molecule has 122 valence electrons. The van der Waals surface area contributed by atoms with Gasteiger partial charge < -0.3 is 4.98 Å². The van der Waals surface area contributed by atoms with Crippen molar-refractivity contribution in [2.45, 2.75) is 0 Å². The van der Waals surface area contributed by atoms with Gasteiger partial charge in [0.25, 0.3) is 22.6 Å². The first kappa shape index (κ1) is 14.8. The third kappa shape index (κ3) is 2.27. The van der Waals surface area contributed by atoms with Crippen LogP contribution in [0.2, 0.25) is 0 Å². The maximum Gasteiger partial charge on any atom is 0.285 e. The van der Waals surface area contributed by atoms with Crippen LogP contribution in [-0.2, 0) is 0 Å². The summed E-state index contributed by atoms with van der Waals surface area (Å²) in [5.41, 5.74) is -1.94. The minimum absolute atomic E-state index is 0.0958. The largest absolute Gasteiger partial charge is 0.306 e. The highest BCUT2D eigenvalue weighted by Crippen LogP contribution is 2.08. The van der Waals surface area contributed by atoms with E-state index < -0.39 is 22.6 Å². The van der Waals surface area contributed by atoms with Crippen LogP contribution in [0.5, 0.6) is 0 Å². The van der Waals surface area contributed by atoms with Crippen molar-refractivity contribution in [1.82, 2.24) is 19.7 Å². The van der Waals surface area contributed by atoms with E-state index in [0.29, 0.717) is 15.7 Å². The number of fused-ring (bicyclic) bond motifs is 2. The van der Waals surface area contributed by atoms with Crippen LogP contribution in [0.1, 0.15) is 10.4 Å². The van der Waals surface area contributed by atoms with Gasteiger partial charge in [-0.05, 0) is 30.3 Å².